The Bertz CT molecular complexity index is 422. The molecule has 5 N–H and O–H groups in total. The quantitative estimate of drug-likeness (QED) is 0.478. The van der Waals surface area contributed by atoms with Gasteiger partial charge in [-0.2, -0.15) is 0 Å². The number of nitrogens with two attached hydrogens (primary N) is 2. The maximum Gasteiger partial charge on any atom is 0.277 e. The standard InChI is InChI=1S/C9H10FN3O3/c10-7-3-5(11)1-2-6(7)9(15)13-16-4-8(12)14/h1-3H,4,11H2,(H2,12,14)(H,13,15). The molecule has 0 aliphatic heterocycles. The Kier molecular flexibility index (Phi) is 3.78. The Morgan fingerprint density at radius 3 is 2.69 bits per heavy atom. The van der Waals surface area contributed by atoms with Gasteiger partial charge in [-0.3, -0.25) is 14.4 Å². The van der Waals surface area contributed by atoms with Crippen LogP contribution in [0.5, 0.6) is 0 Å². The maximum atomic E-state index is 13.2. The molecule has 0 radical (unpaired) electrons. The molecule has 0 aliphatic rings. The molecule has 16 heavy (non-hydrogen) atoms. The van der Waals surface area contributed by atoms with Gasteiger partial charge in [-0.05, 0) is 18.2 Å². The predicted molar refractivity (Wildman–Crippen MR) is 53.4 cm³/mol. The normalized spacial score (nSPS) is 9.81. The van der Waals surface area contributed by atoms with Gasteiger partial charge in [-0.15, -0.1) is 0 Å². The molecule has 7 heteroatoms. The number of hydrogen-bond acceptors (Lipinski definition) is 4. The summed E-state index contributed by atoms with van der Waals surface area (Å²) in [5.41, 5.74) is 11.9. The minimum Gasteiger partial charge on any atom is -0.399 e. The number of rotatable bonds is 4. The Labute approximate surface area is 90.3 Å². The minimum absolute atomic E-state index is 0.201. The highest BCUT2D eigenvalue weighted by Gasteiger charge is 2.11. The topological polar surface area (TPSA) is 107 Å². The molecule has 6 nitrogen and oxygen atoms in total. The van der Waals surface area contributed by atoms with Crippen molar-refractivity contribution in [2.75, 3.05) is 12.3 Å². The van der Waals surface area contributed by atoms with Gasteiger partial charge in [0, 0.05) is 5.69 Å². The largest absolute Gasteiger partial charge is 0.399 e. The molecule has 0 saturated heterocycles. The summed E-state index contributed by atoms with van der Waals surface area (Å²) < 4.78 is 13.2. The highest BCUT2D eigenvalue weighted by molar-refractivity contribution is 5.94. The minimum atomic E-state index is -0.821. The van der Waals surface area contributed by atoms with Crippen LogP contribution < -0.4 is 16.9 Å². The van der Waals surface area contributed by atoms with Gasteiger partial charge < -0.3 is 11.5 Å². The van der Waals surface area contributed by atoms with Gasteiger partial charge in [0.05, 0.1) is 5.56 Å². The molecule has 0 heterocycles. The van der Waals surface area contributed by atoms with Gasteiger partial charge in [-0.1, -0.05) is 0 Å². The molecule has 1 aromatic carbocycles. The summed E-state index contributed by atoms with van der Waals surface area (Å²) >= 11 is 0. The van der Waals surface area contributed by atoms with E-state index in [0.29, 0.717) is 0 Å². The summed E-state index contributed by atoms with van der Waals surface area (Å²) in [5.74, 6) is -2.35. The van der Waals surface area contributed by atoms with Crippen molar-refractivity contribution in [3.8, 4) is 0 Å². The van der Waals surface area contributed by atoms with Crippen LogP contribution in [0.1, 0.15) is 10.4 Å². The number of carbonyl (C=O) groups excluding carboxylic acids is 2. The van der Waals surface area contributed by atoms with Crippen LogP contribution >= 0.6 is 0 Å². The van der Waals surface area contributed by atoms with E-state index >= 15 is 0 Å². The van der Waals surface area contributed by atoms with Crippen LogP contribution in [0.2, 0.25) is 0 Å². The third-order valence-electron chi connectivity index (χ3n) is 1.62. The predicted octanol–water partition coefficient (Wildman–Crippen LogP) is -0.445. The molecule has 0 aromatic heterocycles. The second-order valence-electron chi connectivity index (χ2n) is 2.93. The van der Waals surface area contributed by atoms with Gasteiger partial charge >= 0.3 is 0 Å². The van der Waals surface area contributed by atoms with Crippen molar-refractivity contribution >= 4 is 17.5 Å². The lowest BCUT2D eigenvalue weighted by molar-refractivity contribution is -0.124. The molecule has 0 bridgehead atoms. The SMILES string of the molecule is NC(=O)CONC(=O)c1ccc(N)cc1F. The summed E-state index contributed by atoms with van der Waals surface area (Å²) in [5, 5.41) is 0. The van der Waals surface area contributed by atoms with Crippen LogP contribution in [-0.2, 0) is 9.63 Å². The molecule has 0 atom stereocenters. The van der Waals surface area contributed by atoms with Crippen molar-refractivity contribution in [1.82, 2.24) is 5.48 Å². The van der Waals surface area contributed by atoms with Gasteiger partial charge in [-0.25, -0.2) is 9.87 Å². The first-order valence-corrected chi connectivity index (χ1v) is 4.26. The van der Waals surface area contributed by atoms with Crippen molar-refractivity contribution in [3.05, 3.63) is 29.6 Å². The van der Waals surface area contributed by atoms with Crippen molar-refractivity contribution in [2.24, 2.45) is 5.73 Å². The lowest BCUT2D eigenvalue weighted by Crippen LogP contribution is -2.29. The number of hydrogen-bond donors (Lipinski definition) is 3. The third-order valence-corrected chi connectivity index (χ3v) is 1.62. The Balaban J connectivity index is 2.63. The zero-order chi connectivity index (χ0) is 12.1. The van der Waals surface area contributed by atoms with Crippen molar-refractivity contribution < 1.29 is 18.8 Å². The maximum absolute atomic E-state index is 13.2. The number of amides is 2. The van der Waals surface area contributed by atoms with E-state index in [1.54, 1.807) is 0 Å². The highest BCUT2D eigenvalue weighted by atomic mass is 19.1. The molecule has 0 fully saturated rings. The molecular formula is C9H10FN3O3. The second-order valence-corrected chi connectivity index (χ2v) is 2.93. The second kappa shape index (κ2) is 5.08. The van der Waals surface area contributed by atoms with Gasteiger partial charge in [0.15, 0.2) is 6.61 Å². The molecule has 1 aromatic rings. The van der Waals surface area contributed by atoms with Gasteiger partial charge in [0.25, 0.3) is 5.91 Å². The number of anilines is 1. The van der Waals surface area contributed by atoms with E-state index in [0.717, 1.165) is 6.07 Å². The Hall–Kier alpha value is -2.15. The first kappa shape index (κ1) is 11.9. The summed E-state index contributed by atoms with van der Waals surface area (Å²) in [6.07, 6.45) is 0. The van der Waals surface area contributed by atoms with E-state index in [-0.39, 0.29) is 11.3 Å². The number of carbonyl (C=O) groups is 2. The summed E-state index contributed by atoms with van der Waals surface area (Å²) in [4.78, 5) is 26.0. The van der Waals surface area contributed by atoms with Crippen LogP contribution in [0.15, 0.2) is 18.2 Å². The lowest BCUT2D eigenvalue weighted by atomic mass is 10.2. The lowest BCUT2D eigenvalue weighted by Gasteiger charge is -2.05. The fraction of sp³-hybridized carbons (Fsp3) is 0.111. The van der Waals surface area contributed by atoms with Gasteiger partial charge in [0.1, 0.15) is 5.82 Å². The van der Waals surface area contributed by atoms with Crippen LogP contribution in [-0.4, -0.2) is 18.4 Å². The number of nitrogens with one attached hydrogen (secondary N) is 1. The van der Waals surface area contributed by atoms with E-state index in [1.807, 2.05) is 5.48 Å². The molecule has 0 unspecified atom stereocenters. The smallest absolute Gasteiger partial charge is 0.277 e. The molecule has 1 rings (SSSR count). The fourth-order valence-electron chi connectivity index (χ4n) is 0.943. The number of hydroxylamine groups is 1. The summed E-state index contributed by atoms with van der Waals surface area (Å²) in [6, 6.07) is 3.57. The van der Waals surface area contributed by atoms with Crippen LogP contribution in [0.25, 0.3) is 0 Å². The molecular weight excluding hydrogens is 217 g/mol. The number of primary amides is 1. The van der Waals surface area contributed by atoms with Crippen LogP contribution in [0.3, 0.4) is 0 Å². The summed E-state index contributed by atoms with van der Waals surface area (Å²) in [6.45, 7) is -0.484. The monoisotopic (exact) mass is 227 g/mol. The van der Waals surface area contributed by atoms with Crippen molar-refractivity contribution in [1.29, 1.82) is 0 Å². The first-order chi connectivity index (χ1) is 7.50. The van der Waals surface area contributed by atoms with E-state index in [2.05, 4.69) is 4.84 Å². The van der Waals surface area contributed by atoms with E-state index < -0.39 is 24.2 Å². The molecule has 2 amide bonds. The van der Waals surface area contributed by atoms with E-state index in [1.165, 1.54) is 12.1 Å². The third kappa shape index (κ3) is 3.21. The van der Waals surface area contributed by atoms with Gasteiger partial charge in [0.2, 0.25) is 5.91 Å². The van der Waals surface area contributed by atoms with E-state index in [9.17, 15) is 14.0 Å². The first-order valence-electron chi connectivity index (χ1n) is 4.26. The number of nitrogen functional groups attached to an aromatic ring is 1. The van der Waals surface area contributed by atoms with Crippen LogP contribution in [0.4, 0.5) is 10.1 Å². The molecule has 86 valence electrons. The average molecular weight is 227 g/mol. The van der Waals surface area contributed by atoms with Crippen molar-refractivity contribution in [3.63, 3.8) is 0 Å². The summed E-state index contributed by atoms with van der Waals surface area (Å²) in [7, 11) is 0. The average Bonchev–Trinajstić information content (AvgIpc) is 2.16. The Morgan fingerprint density at radius 1 is 1.44 bits per heavy atom. The highest BCUT2D eigenvalue weighted by Crippen LogP contribution is 2.11. The zero-order valence-corrected chi connectivity index (χ0v) is 8.20. The fourth-order valence-corrected chi connectivity index (χ4v) is 0.943. The molecule has 0 saturated carbocycles. The van der Waals surface area contributed by atoms with E-state index in [4.69, 9.17) is 11.5 Å². The van der Waals surface area contributed by atoms with Crippen LogP contribution in [0, 0.1) is 5.82 Å². The van der Waals surface area contributed by atoms with Crippen molar-refractivity contribution in [2.45, 2.75) is 0 Å². The molecule has 0 spiro atoms. The Morgan fingerprint density at radius 2 is 2.12 bits per heavy atom. The number of benzene rings is 1. The number of halogens is 1. The molecule has 0 aliphatic carbocycles. The zero-order valence-electron chi connectivity index (χ0n) is 8.20.